The van der Waals surface area contributed by atoms with Crippen molar-refractivity contribution in [3.8, 4) is 0 Å². The van der Waals surface area contributed by atoms with E-state index in [0.29, 0.717) is 19.4 Å². The lowest BCUT2D eigenvalue weighted by Crippen LogP contribution is -2.58. The molecule has 3 atom stereocenters. The zero-order valence-electron chi connectivity index (χ0n) is 12.3. The van der Waals surface area contributed by atoms with Crippen molar-refractivity contribution < 1.29 is 23.1 Å². The SMILES string of the molecule is CC1CCN(C(=O)NC2(C)CCS(=O)(=O)C2)C(C(=O)O)C1. The minimum Gasteiger partial charge on any atom is -0.480 e. The number of carbonyl (C=O) groups excluding carboxylic acids is 1. The number of likely N-dealkylation sites (tertiary alicyclic amines) is 1. The summed E-state index contributed by atoms with van der Waals surface area (Å²) in [4.78, 5) is 25.0. The number of hydrogen-bond donors (Lipinski definition) is 2. The van der Waals surface area contributed by atoms with Crippen LogP contribution < -0.4 is 5.32 Å². The van der Waals surface area contributed by atoms with Crippen LogP contribution in [0.3, 0.4) is 0 Å². The first-order valence-corrected chi connectivity index (χ1v) is 8.96. The fraction of sp³-hybridized carbons (Fsp3) is 0.846. The van der Waals surface area contributed by atoms with Gasteiger partial charge in [0.15, 0.2) is 9.84 Å². The second kappa shape index (κ2) is 5.47. The monoisotopic (exact) mass is 318 g/mol. The average molecular weight is 318 g/mol. The molecule has 0 aliphatic carbocycles. The van der Waals surface area contributed by atoms with Gasteiger partial charge in [-0.3, -0.25) is 0 Å². The van der Waals surface area contributed by atoms with Gasteiger partial charge >= 0.3 is 12.0 Å². The van der Waals surface area contributed by atoms with Gasteiger partial charge in [0.2, 0.25) is 0 Å². The summed E-state index contributed by atoms with van der Waals surface area (Å²) in [7, 11) is -3.12. The highest BCUT2D eigenvalue weighted by molar-refractivity contribution is 7.91. The molecule has 0 bridgehead atoms. The first kappa shape index (κ1) is 16.1. The first-order valence-electron chi connectivity index (χ1n) is 7.14. The van der Waals surface area contributed by atoms with E-state index in [-0.39, 0.29) is 17.4 Å². The molecule has 2 fully saturated rings. The number of urea groups is 1. The van der Waals surface area contributed by atoms with Crippen molar-refractivity contribution in [3.05, 3.63) is 0 Å². The summed E-state index contributed by atoms with van der Waals surface area (Å²) in [5.74, 6) is -0.782. The normalized spacial score (nSPS) is 35.4. The van der Waals surface area contributed by atoms with Crippen molar-refractivity contribution in [2.45, 2.75) is 44.7 Å². The Balaban J connectivity index is 2.07. The van der Waals surface area contributed by atoms with Gasteiger partial charge in [-0.05, 0) is 32.1 Å². The molecular weight excluding hydrogens is 296 g/mol. The summed E-state index contributed by atoms with van der Waals surface area (Å²) in [6.07, 6.45) is 1.55. The van der Waals surface area contributed by atoms with Crippen LogP contribution in [-0.2, 0) is 14.6 Å². The smallest absolute Gasteiger partial charge is 0.326 e. The molecule has 0 radical (unpaired) electrons. The van der Waals surface area contributed by atoms with E-state index in [9.17, 15) is 23.1 Å². The van der Waals surface area contributed by atoms with Crippen LogP contribution in [0.5, 0.6) is 0 Å². The number of carboxylic acids is 1. The highest BCUT2D eigenvalue weighted by atomic mass is 32.2. The molecule has 2 saturated heterocycles. The number of rotatable bonds is 2. The van der Waals surface area contributed by atoms with Gasteiger partial charge in [-0.15, -0.1) is 0 Å². The van der Waals surface area contributed by atoms with Crippen LogP contribution in [0.25, 0.3) is 0 Å². The second-order valence-corrected chi connectivity index (χ2v) is 8.69. The number of piperidine rings is 1. The fourth-order valence-corrected chi connectivity index (χ4v) is 5.15. The quantitative estimate of drug-likeness (QED) is 0.770. The summed E-state index contributed by atoms with van der Waals surface area (Å²) in [6.45, 7) is 4.04. The Morgan fingerprint density at radius 2 is 2.05 bits per heavy atom. The standard InChI is InChI=1S/C13H22N2O5S/c1-9-3-5-15(10(7-9)11(16)17)12(18)14-13(2)4-6-21(19,20)8-13/h9-10H,3-8H2,1-2H3,(H,14,18)(H,16,17). The Hall–Kier alpha value is -1.31. The highest BCUT2D eigenvalue weighted by Crippen LogP contribution is 2.26. The lowest BCUT2D eigenvalue weighted by Gasteiger charge is -2.38. The van der Waals surface area contributed by atoms with Gasteiger partial charge in [-0.2, -0.15) is 0 Å². The molecule has 0 saturated carbocycles. The minimum absolute atomic E-state index is 0.0587. The number of sulfone groups is 1. The Labute approximate surface area is 124 Å². The van der Waals surface area contributed by atoms with E-state index in [2.05, 4.69) is 5.32 Å². The lowest BCUT2D eigenvalue weighted by atomic mass is 9.92. The Kier molecular flexibility index (Phi) is 4.19. The maximum absolute atomic E-state index is 12.3. The van der Waals surface area contributed by atoms with Gasteiger partial charge in [0.1, 0.15) is 6.04 Å². The summed E-state index contributed by atoms with van der Waals surface area (Å²) in [6, 6.07) is -1.32. The third kappa shape index (κ3) is 3.66. The Bertz CT molecular complexity index is 547. The van der Waals surface area contributed by atoms with Crippen LogP contribution in [0.2, 0.25) is 0 Å². The molecule has 2 rings (SSSR count). The molecular formula is C13H22N2O5S. The third-order valence-corrected chi connectivity index (χ3v) is 6.23. The lowest BCUT2D eigenvalue weighted by molar-refractivity contribution is -0.143. The Morgan fingerprint density at radius 1 is 1.38 bits per heavy atom. The molecule has 2 aliphatic rings. The third-order valence-electron chi connectivity index (χ3n) is 4.32. The van der Waals surface area contributed by atoms with Gasteiger partial charge < -0.3 is 15.3 Å². The zero-order chi connectivity index (χ0) is 15.8. The van der Waals surface area contributed by atoms with Gasteiger partial charge in [0, 0.05) is 6.54 Å². The van der Waals surface area contributed by atoms with E-state index in [1.807, 2.05) is 6.92 Å². The molecule has 2 amide bonds. The number of carboxylic acid groups (broad SMARTS) is 1. The maximum Gasteiger partial charge on any atom is 0.326 e. The Morgan fingerprint density at radius 3 is 2.57 bits per heavy atom. The van der Waals surface area contributed by atoms with Crippen LogP contribution >= 0.6 is 0 Å². The van der Waals surface area contributed by atoms with Crippen molar-refractivity contribution in [3.63, 3.8) is 0 Å². The van der Waals surface area contributed by atoms with Crippen molar-refractivity contribution in [1.29, 1.82) is 0 Å². The predicted octanol–water partition coefficient (Wildman–Crippen LogP) is 0.458. The molecule has 0 aromatic rings. The highest BCUT2D eigenvalue weighted by Gasteiger charge is 2.42. The second-order valence-electron chi connectivity index (χ2n) is 6.51. The zero-order valence-corrected chi connectivity index (χ0v) is 13.1. The number of hydrogen-bond acceptors (Lipinski definition) is 4. The van der Waals surface area contributed by atoms with Crippen molar-refractivity contribution in [1.82, 2.24) is 10.2 Å². The molecule has 8 heteroatoms. The predicted molar refractivity (Wildman–Crippen MR) is 76.7 cm³/mol. The first-order chi connectivity index (χ1) is 9.62. The van der Waals surface area contributed by atoms with E-state index in [4.69, 9.17) is 0 Å². The van der Waals surface area contributed by atoms with E-state index in [1.54, 1.807) is 6.92 Å². The van der Waals surface area contributed by atoms with Gasteiger partial charge in [0.25, 0.3) is 0 Å². The molecule has 21 heavy (non-hydrogen) atoms. The molecule has 2 N–H and O–H groups in total. The maximum atomic E-state index is 12.3. The van der Waals surface area contributed by atoms with E-state index in [0.717, 1.165) is 6.42 Å². The molecule has 0 aromatic carbocycles. The van der Waals surface area contributed by atoms with Gasteiger partial charge in [0.05, 0.1) is 17.0 Å². The van der Waals surface area contributed by atoms with Crippen molar-refractivity contribution in [2.24, 2.45) is 5.92 Å². The van der Waals surface area contributed by atoms with Crippen molar-refractivity contribution >= 4 is 21.8 Å². The van der Waals surface area contributed by atoms with E-state index < -0.39 is 33.4 Å². The van der Waals surface area contributed by atoms with E-state index in [1.165, 1.54) is 4.90 Å². The van der Waals surface area contributed by atoms with Crippen LogP contribution in [-0.4, -0.2) is 60.1 Å². The molecule has 0 aromatic heterocycles. The van der Waals surface area contributed by atoms with E-state index >= 15 is 0 Å². The molecule has 3 unspecified atom stereocenters. The van der Waals surface area contributed by atoms with Crippen LogP contribution in [0, 0.1) is 5.92 Å². The number of nitrogens with one attached hydrogen (secondary N) is 1. The summed E-state index contributed by atoms with van der Waals surface area (Å²) >= 11 is 0. The molecule has 7 nitrogen and oxygen atoms in total. The largest absolute Gasteiger partial charge is 0.480 e. The van der Waals surface area contributed by atoms with Crippen LogP contribution in [0.4, 0.5) is 4.79 Å². The molecule has 120 valence electrons. The molecule has 0 spiro atoms. The van der Waals surface area contributed by atoms with Crippen LogP contribution in [0.1, 0.15) is 33.1 Å². The average Bonchev–Trinajstić information content (AvgIpc) is 2.62. The van der Waals surface area contributed by atoms with Gasteiger partial charge in [-0.25, -0.2) is 18.0 Å². The number of carbonyl (C=O) groups is 2. The minimum atomic E-state index is -3.12. The summed E-state index contributed by atoms with van der Waals surface area (Å²) in [5, 5.41) is 12.0. The van der Waals surface area contributed by atoms with Crippen molar-refractivity contribution in [2.75, 3.05) is 18.1 Å². The summed E-state index contributed by atoms with van der Waals surface area (Å²) in [5.41, 5.74) is -0.804. The topological polar surface area (TPSA) is 104 Å². The fourth-order valence-electron chi connectivity index (χ4n) is 3.06. The summed E-state index contributed by atoms with van der Waals surface area (Å²) < 4.78 is 23.1. The van der Waals surface area contributed by atoms with Crippen LogP contribution in [0.15, 0.2) is 0 Å². The molecule has 2 aliphatic heterocycles. The number of nitrogens with zero attached hydrogens (tertiary/aromatic N) is 1. The number of aliphatic carboxylic acids is 1. The molecule has 2 heterocycles. The number of amides is 2. The van der Waals surface area contributed by atoms with Gasteiger partial charge in [-0.1, -0.05) is 6.92 Å².